The van der Waals surface area contributed by atoms with Crippen molar-refractivity contribution in [3.8, 4) is 17.0 Å². The number of methoxy groups -OCH3 is 1. The molecule has 0 aliphatic heterocycles. The van der Waals surface area contributed by atoms with E-state index >= 15 is 0 Å². The summed E-state index contributed by atoms with van der Waals surface area (Å²) in [5, 5.41) is 16.1. The first-order chi connectivity index (χ1) is 14.3. The van der Waals surface area contributed by atoms with Crippen molar-refractivity contribution in [2.45, 2.75) is 12.7 Å². The van der Waals surface area contributed by atoms with Gasteiger partial charge >= 0.3 is 11.9 Å². The van der Waals surface area contributed by atoms with E-state index in [0.717, 1.165) is 23.9 Å². The Morgan fingerprint density at radius 1 is 1.20 bits per heavy atom. The van der Waals surface area contributed by atoms with Crippen molar-refractivity contribution < 1.29 is 22.8 Å². The fourth-order valence-corrected chi connectivity index (χ4v) is 3.34. The zero-order valence-electron chi connectivity index (χ0n) is 15.6. The van der Waals surface area contributed by atoms with Crippen LogP contribution in [0, 0.1) is 10.1 Å². The maximum absolute atomic E-state index is 13.4. The minimum atomic E-state index is -4.61. The van der Waals surface area contributed by atoms with E-state index in [9.17, 15) is 23.3 Å². The topological polar surface area (TPSA) is 86.0 Å². The molecule has 30 heavy (non-hydrogen) atoms. The average Bonchev–Trinajstić information content (AvgIpc) is 3.34. The number of benzene rings is 2. The van der Waals surface area contributed by atoms with Gasteiger partial charge in [-0.25, -0.2) is 0 Å². The molecule has 2 aromatic heterocycles. The van der Waals surface area contributed by atoms with E-state index in [1.54, 1.807) is 30.3 Å². The summed E-state index contributed by atoms with van der Waals surface area (Å²) in [4.78, 5) is 13.7. The van der Waals surface area contributed by atoms with Gasteiger partial charge in [0.15, 0.2) is 0 Å². The molecule has 4 aromatic rings. The smallest absolute Gasteiger partial charge is 0.416 e. The Morgan fingerprint density at radius 3 is 2.57 bits per heavy atom. The Bertz CT molecular complexity index is 1230. The zero-order valence-corrected chi connectivity index (χ0v) is 15.6. The molecule has 2 heterocycles. The van der Waals surface area contributed by atoms with E-state index in [1.165, 1.54) is 18.0 Å². The second-order valence-electron chi connectivity index (χ2n) is 6.60. The van der Waals surface area contributed by atoms with Crippen molar-refractivity contribution in [2.75, 3.05) is 7.11 Å². The van der Waals surface area contributed by atoms with Gasteiger partial charge in [0.05, 0.1) is 24.1 Å². The highest BCUT2D eigenvalue weighted by atomic mass is 19.4. The molecular formula is C20H15F3N4O3. The van der Waals surface area contributed by atoms with Crippen LogP contribution < -0.4 is 4.74 Å². The van der Waals surface area contributed by atoms with Crippen molar-refractivity contribution in [1.82, 2.24) is 14.8 Å². The second-order valence-corrected chi connectivity index (χ2v) is 6.60. The molecular weight excluding hydrogens is 401 g/mol. The van der Waals surface area contributed by atoms with Gasteiger partial charge in [-0.1, -0.05) is 12.1 Å². The molecule has 2 aromatic carbocycles. The number of hydrogen-bond donors (Lipinski definition) is 1. The van der Waals surface area contributed by atoms with Gasteiger partial charge in [0.25, 0.3) is 0 Å². The van der Waals surface area contributed by atoms with Crippen LogP contribution in [-0.2, 0) is 12.7 Å². The van der Waals surface area contributed by atoms with E-state index in [2.05, 4.69) is 10.1 Å². The van der Waals surface area contributed by atoms with E-state index in [0.29, 0.717) is 11.1 Å². The molecule has 4 rings (SSSR count). The first-order valence-electron chi connectivity index (χ1n) is 8.80. The minimum absolute atomic E-state index is 0.00604. The number of hydrogen-bond acceptors (Lipinski definition) is 4. The van der Waals surface area contributed by atoms with Crippen LogP contribution in [0.5, 0.6) is 5.75 Å². The van der Waals surface area contributed by atoms with Crippen LogP contribution in [0.25, 0.3) is 22.2 Å². The first-order valence-corrected chi connectivity index (χ1v) is 8.80. The largest absolute Gasteiger partial charge is 0.497 e. The third-order valence-electron chi connectivity index (χ3n) is 4.76. The lowest BCUT2D eigenvalue weighted by Crippen LogP contribution is -2.08. The van der Waals surface area contributed by atoms with E-state index in [-0.39, 0.29) is 29.0 Å². The van der Waals surface area contributed by atoms with Crippen LogP contribution >= 0.6 is 0 Å². The molecule has 7 nitrogen and oxygen atoms in total. The maximum atomic E-state index is 13.4. The third kappa shape index (κ3) is 3.47. The molecule has 0 spiro atoms. The monoisotopic (exact) mass is 416 g/mol. The summed E-state index contributed by atoms with van der Waals surface area (Å²) in [6.07, 6.45) is -2.06. The number of nitrogens with one attached hydrogen (secondary N) is 1. The minimum Gasteiger partial charge on any atom is -0.497 e. The number of halogens is 3. The van der Waals surface area contributed by atoms with Crippen molar-refractivity contribution >= 4 is 16.6 Å². The summed E-state index contributed by atoms with van der Waals surface area (Å²) in [5.74, 6) is 0.636. The summed E-state index contributed by atoms with van der Waals surface area (Å²) < 4.78 is 46.8. The van der Waals surface area contributed by atoms with E-state index in [1.807, 2.05) is 0 Å². The Hall–Kier alpha value is -3.82. The highest BCUT2D eigenvalue weighted by Gasteiger charge is 2.33. The Morgan fingerprint density at radius 2 is 1.93 bits per heavy atom. The van der Waals surface area contributed by atoms with Gasteiger partial charge in [-0.3, -0.25) is 14.8 Å². The predicted octanol–water partition coefficient (Wildman–Crippen LogP) is 5.02. The molecule has 0 atom stereocenters. The van der Waals surface area contributed by atoms with Gasteiger partial charge in [0.1, 0.15) is 17.6 Å². The van der Waals surface area contributed by atoms with Gasteiger partial charge in [-0.05, 0) is 35.9 Å². The molecule has 0 bridgehead atoms. The standard InChI is InChI=1S/C20H15F3N4O3/c1-30-14-4-2-12(3-5-14)11-26-19(18(10-25-26)27(28)29)16-8-13(20(21,22)23)9-17-15(16)6-7-24-17/h2-10,24H,11H2,1H3. The van der Waals surface area contributed by atoms with Gasteiger partial charge in [0, 0.05) is 22.7 Å². The van der Waals surface area contributed by atoms with Gasteiger partial charge in [-0.15, -0.1) is 0 Å². The number of alkyl halides is 3. The highest BCUT2D eigenvalue weighted by Crippen LogP contribution is 2.40. The molecule has 0 aliphatic rings. The average molecular weight is 416 g/mol. The number of rotatable bonds is 5. The lowest BCUT2D eigenvalue weighted by atomic mass is 10.0. The van der Waals surface area contributed by atoms with Gasteiger partial charge < -0.3 is 9.72 Å². The molecule has 0 saturated heterocycles. The summed E-state index contributed by atoms with van der Waals surface area (Å²) in [7, 11) is 1.53. The molecule has 0 fully saturated rings. The summed E-state index contributed by atoms with van der Waals surface area (Å²) in [5.41, 5.74) is -0.201. The fraction of sp³-hybridized carbons (Fsp3) is 0.150. The number of ether oxygens (including phenoxy) is 1. The number of nitro groups is 1. The van der Waals surface area contributed by atoms with E-state index in [4.69, 9.17) is 4.74 Å². The lowest BCUT2D eigenvalue weighted by Gasteiger charge is -2.12. The predicted molar refractivity (Wildman–Crippen MR) is 103 cm³/mol. The van der Waals surface area contributed by atoms with Crippen LogP contribution in [0.15, 0.2) is 54.9 Å². The summed E-state index contributed by atoms with van der Waals surface area (Å²) in [6, 6.07) is 10.4. The Balaban J connectivity index is 1.90. The normalized spacial score (nSPS) is 11.7. The SMILES string of the molecule is COc1ccc(Cn2ncc([N+](=O)[O-])c2-c2cc(C(F)(F)F)cc3[nH]ccc23)cc1. The van der Waals surface area contributed by atoms with Gasteiger partial charge in [-0.2, -0.15) is 18.3 Å². The third-order valence-corrected chi connectivity index (χ3v) is 4.76. The van der Waals surface area contributed by atoms with Crippen LogP contribution in [0.3, 0.4) is 0 Å². The van der Waals surface area contributed by atoms with Crippen molar-refractivity contribution in [3.05, 3.63) is 76.1 Å². The number of H-pyrrole nitrogens is 1. The van der Waals surface area contributed by atoms with Crippen LogP contribution in [0.1, 0.15) is 11.1 Å². The molecule has 0 radical (unpaired) electrons. The molecule has 0 aliphatic carbocycles. The summed E-state index contributed by atoms with van der Waals surface area (Å²) in [6.45, 7) is 0.134. The molecule has 1 N–H and O–H groups in total. The molecule has 0 unspecified atom stereocenters. The quantitative estimate of drug-likeness (QED) is 0.366. The second kappa shape index (κ2) is 7.21. The number of fused-ring (bicyclic) bond motifs is 1. The van der Waals surface area contributed by atoms with Crippen LogP contribution in [0.2, 0.25) is 0 Å². The van der Waals surface area contributed by atoms with Gasteiger partial charge in [0.2, 0.25) is 0 Å². The van der Waals surface area contributed by atoms with Crippen LogP contribution in [0.4, 0.5) is 18.9 Å². The first kappa shape index (κ1) is 19.5. The molecule has 154 valence electrons. The lowest BCUT2D eigenvalue weighted by molar-refractivity contribution is -0.384. The molecule has 0 amide bonds. The van der Waals surface area contributed by atoms with Crippen molar-refractivity contribution in [2.24, 2.45) is 0 Å². The Kier molecular flexibility index (Phi) is 4.69. The number of nitrogens with zero attached hydrogens (tertiary/aromatic N) is 3. The maximum Gasteiger partial charge on any atom is 0.416 e. The number of aromatic nitrogens is 3. The fourth-order valence-electron chi connectivity index (χ4n) is 3.34. The van der Waals surface area contributed by atoms with Crippen molar-refractivity contribution in [1.29, 1.82) is 0 Å². The zero-order chi connectivity index (χ0) is 21.5. The summed E-state index contributed by atoms with van der Waals surface area (Å²) >= 11 is 0. The molecule has 10 heteroatoms. The number of aromatic amines is 1. The Labute approximate surface area is 167 Å². The van der Waals surface area contributed by atoms with E-state index < -0.39 is 16.7 Å². The van der Waals surface area contributed by atoms with Crippen molar-refractivity contribution in [3.63, 3.8) is 0 Å². The van der Waals surface area contributed by atoms with Crippen LogP contribution in [-0.4, -0.2) is 26.8 Å². The molecule has 0 saturated carbocycles. The highest BCUT2D eigenvalue weighted by molar-refractivity contribution is 5.97.